The zero-order valence-corrected chi connectivity index (χ0v) is 12.6. The molecule has 2 heterocycles. The van der Waals surface area contributed by atoms with Crippen LogP contribution in [0, 0.1) is 0 Å². The predicted octanol–water partition coefficient (Wildman–Crippen LogP) is 1.36. The molecule has 1 saturated heterocycles. The van der Waals surface area contributed by atoms with Crippen LogP contribution >= 0.6 is 0 Å². The summed E-state index contributed by atoms with van der Waals surface area (Å²) in [6, 6.07) is 10.9. The van der Waals surface area contributed by atoms with Gasteiger partial charge >= 0.3 is 0 Å². The Morgan fingerprint density at radius 3 is 2.82 bits per heavy atom. The molecule has 22 heavy (non-hydrogen) atoms. The van der Waals surface area contributed by atoms with E-state index < -0.39 is 0 Å². The van der Waals surface area contributed by atoms with Gasteiger partial charge in [0.1, 0.15) is 0 Å². The van der Waals surface area contributed by atoms with Crippen LogP contribution < -0.4 is 5.73 Å². The highest BCUT2D eigenvalue weighted by Gasteiger charge is 2.24. The highest BCUT2D eigenvalue weighted by atomic mass is 16.5. The lowest BCUT2D eigenvalue weighted by Crippen LogP contribution is -2.37. The summed E-state index contributed by atoms with van der Waals surface area (Å²) >= 11 is 0. The molecule has 0 radical (unpaired) electrons. The van der Waals surface area contributed by atoms with Crippen molar-refractivity contribution >= 4 is 0 Å². The molecule has 3 rings (SSSR count). The Morgan fingerprint density at radius 1 is 1.27 bits per heavy atom. The number of hydrogen-bond donors (Lipinski definition) is 1. The van der Waals surface area contributed by atoms with E-state index in [2.05, 4.69) is 39.3 Å². The Bertz CT molecular complexity index is 567. The molecule has 0 saturated carbocycles. The van der Waals surface area contributed by atoms with Crippen molar-refractivity contribution in [2.24, 2.45) is 5.73 Å². The Hall–Kier alpha value is -1.76. The molecule has 118 valence electrons. The van der Waals surface area contributed by atoms with Crippen LogP contribution in [0.1, 0.15) is 23.7 Å². The van der Waals surface area contributed by atoms with Crippen LogP contribution in [-0.2, 0) is 24.2 Å². The summed E-state index contributed by atoms with van der Waals surface area (Å²) in [6.07, 6.45) is 2.05. The quantitative estimate of drug-likeness (QED) is 0.832. The van der Waals surface area contributed by atoms with Crippen molar-refractivity contribution in [3.8, 4) is 0 Å². The molecule has 0 aliphatic carbocycles. The lowest BCUT2D eigenvalue weighted by molar-refractivity contribution is 0.137. The standard InChI is InChI=1S/C16H22N4O2/c17-10-16-18-15(19-22-16)11-20(14-7-9-21-12-14)8-6-13-4-2-1-3-5-13/h1-5,14H,6-12,17H2. The van der Waals surface area contributed by atoms with Gasteiger partial charge in [0.2, 0.25) is 5.89 Å². The van der Waals surface area contributed by atoms with E-state index in [0.29, 0.717) is 24.3 Å². The number of ether oxygens (including phenoxy) is 1. The third-order valence-corrected chi connectivity index (χ3v) is 3.98. The summed E-state index contributed by atoms with van der Waals surface area (Å²) in [5.74, 6) is 1.18. The molecule has 6 nitrogen and oxygen atoms in total. The molecule has 1 fully saturated rings. The molecular weight excluding hydrogens is 280 g/mol. The van der Waals surface area contributed by atoms with Crippen LogP contribution in [-0.4, -0.2) is 40.8 Å². The largest absolute Gasteiger partial charge is 0.380 e. The van der Waals surface area contributed by atoms with Gasteiger partial charge in [-0.05, 0) is 18.4 Å². The Kier molecular flexibility index (Phi) is 5.15. The highest BCUT2D eigenvalue weighted by Crippen LogP contribution is 2.16. The maximum atomic E-state index is 5.53. The number of rotatable bonds is 7. The molecule has 1 aliphatic rings. The Morgan fingerprint density at radius 2 is 2.14 bits per heavy atom. The van der Waals surface area contributed by atoms with E-state index in [9.17, 15) is 0 Å². The normalized spacial score (nSPS) is 18.2. The van der Waals surface area contributed by atoms with E-state index in [1.165, 1.54) is 5.56 Å². The monoisotopic (exact) mass is 302 g/mol. The lowest BCUT2D eigenvalue weighted by Gasteiger charge is -2.26. The van der Waals surface area contributed by atoms with Gasteiger partial charge in [-0.25, -0.2) is 0 Å². The van der Waals surface area contributed by atoms with Crippen molar-refractivity contribution in [2.75, 3.05) is 19.8 Å². The molecule has 2 aromatic rings. The summed E-state index contributed by atoms with van der Waals surface area (Å²) < 4.78 is 10.6. The van der Waals surface area contributed by atoms with Gasteiger partial charge in [0.05, 0.1) is 19.7 Å². The topological polar surface area (TPSA) is 77.4 Å². The van der Waals surface area contributed by atoms with Gasteiger partial charge in [0.25, 0.3) is 0 Å². The lowest BCUT2D eigenvalue weighted by atomic mass is 10.1. The second-order valence-electron chi connectivity index (χ2n) is 5.53. The van der Waals surface area contributed by atoms with Gasteiger partial charge in [0.15, 0.2) is 5.82 Å². The molecule has 0 amide bonds. The Balaban J connectivity index is 1.64. The van der Waals surface area contributed by atoms with Crippen LogP contribution in [0.3, 0.4) is 0 Å². The van der Waals surface area contributed by atoms with E-state index in [4.69, 9.17) is 15.0 Å². The maximum Gasteiger partial charge on any atom is 0.240 e. The fourth-order valence-electron chi connectivity index (χ4n) is 2.74. The smallest absolute Gasteiger partial charge is 0.240 e. The number of aromatic nitrogens is 2. The van der Waals surface area contributed by atoms with Crippen molar-refractivity contribution < 1.29 is 9.26 Å². The van der Waals surface area contributed by atoms with Crippen molar-refractivity contribution in [3.05, 3.63) is 47.6 Å². The van der Waals surface area contributed by atoms with Gasteiger partial charge < -0.3 is 15.0 Å². The van der Waals surface area contributed by atoms with E-state index >= 15 is 0 Å². The van der Waals surface area contributed by atoms with Gasteiger partial charge in [-0.1, -0.05) is 35.5 Å². The second-order valence-corrected chi connectivity index (χ2v) is 5.53. The van der Waals surface area contributed by atoms with Crippen LogP contribution in [0.2, 0.25) is 0 Å². The van der Waals surface area contributed by atoms with Gasteiger partial charge in [-0.15, -0.1) is 0 Å². The summed E-state index contributed by atoms with van der Waals surface area (Å²) in [4.78, 5) is 6.69. The first-order chi connectivity index (χ1) is 10.8. The molecule has 1 unspecified atom stereocenters. The highest BCUT2D eigenvalue weighted by molar-refractivity contribution is 5.15. The first-order valence-corrected chi connectivity index (χ1v) is 7.72. The third-order valence-electron chi connectivity index (χ3n) is 3.98. The summed E-state index contributed by atoms with van der Waals surface area (Å²) in [5.41, 5.74) is 6.86. The van der Waals surface area contributed by atoms with Crippen molar-refractivity contribution in [1.29, 1.82) is 0 Å². The van der Waals surface area contributed by atoms with Gasteiger partial charge in [-0.2, -0.15) is 4.98 Å². The van der Waals surface area contributed by atoms with Crippen molar-refractivity contribution in [1.82, 2.24) is 15.0 Å². The number of nitrogens with two attached hydrogens (primary N) is 1. The maximum absolute atomic E-state index is 5.53. The minimum Gasteiger partial charge on any atom is -0.380 e. The van der Waals surface area contributed by atoms with Gasteiger partial charge in [-0.3, -0.25) is 4.90 Å². The molecule has 1 aromatic heterocycles. The number of benzene rings is 1. The molecule has 1 aliphatic heterocycles. The van der Waals surface area contributed by atoms with E-state index in [1.54, 1.807) is 0 Å². The summed E-state index contributed by atoms with van der Waals surface area (Å²) in [6.45, 7) is 3.50. The molecule has 0 bridgehead atoms. The van der Waals surface area contributed by atoms with E-state index in [0.717, 1.165) is 32.6 Å². The van der Waals surface area contributed by atoms with Crippen LogP contribution in [0.25, 0.3) is 0 Å². The minimum absolute atomic E-state index is 0.281. The molecular formula is C16H22N4O2. The first kappa shape index (κ1) is 15.1. The average Bonchev–Trinajstić information content (AvgIpc) is 3.24. The van der Waals surface area contributed by atoms with Crippen LogP contribution in [0.4, 0.5) is 0 Å². The molecule has 1 aromatic carbocycles. The molecule has 6 heteroatoms. The van der Waals surface area contributed by atoms with Crippen molar-refractivity contribution in [3.63, 3.8) is 0 Å². The fraction of sp³-hybridized carbons (Fsp3) is 0.500. The van der Waals surface area contributed by atoms with E-state index in [1.807, 2.05) is 6.07 Å². The third kappa shape index (κ3) is 3.91. The minimum atomic E-state index is 0.281. The molecule has 0 spiro atoms. The van der Waals surface area contributed by atoms with Crippen molar-refractivity contribution in [2.45, 2.75) is 32.0 Å². The van der Waals surface area contributed by atoms with Crippen LogP contribution in [0.15, 0.2) is 34.9 Å². The second kappa shape index (κ2) is 7.49. The fourth-order valence-corrected chi connectivity index (χ4v) is 2.74. The zero-order chi connectivity index (χ0) is 15.2. The number of hydrogen-bond acceptors (Lipinski definition) is 6. The zero-order valence-electron chi connectivity index (χ0n) is 12.6. The van der Waals surface area contributed by atoms with Gasteiger partial charge in [0, 0.05) is 19.2 Å². The summed E-state index contributed by atoms with van der Waals surface area (Å²) in [5, 5.41) is 4.00. The Labute approximate surface area is 130 Å². The predicted molar refractivity (Wildman–Crippen MR) is 82.0 cm³/mol. The SMILES string of the molecule is NCc1nc(CN(CCc2ccccc2)C2CCOC2)no1. The van der Waals surface area contributed by atoms with E-state index in [-0.39, 0.29) is 6.54 Å². The number of nitrogens with zero attached hydrogens (tertiary/aromatic N) is 3. The first-order valence-electron chi connectivity index (χ1n) is 7.72. The molecule has 1 atom stereocenters. The average molecular weight is 302 g/mol. The van der Waals surface area contributed by atoms with Crippen LogP contribution in [0.5, 0.6) is 0 Å². The molecule has 2 N–H and O–H groups in total. The summed E-state index contributed by atoms with van der Waals surface area (Å²) in [7, 11) is 0.